The maximum absolute atomic E-state index is 12.1. The molecule has 138 valence electrons. The Kier molecular flexibility index (Phi) is 6.78. The average Bonchev–Trinajstić information content (AvgIpc) is 2.63. The number of rotatable bonds is 7. The van der Waals surface area contributed by atoms with E-state index in [9.17, 15) is 4.79 Å². The number of hydrazone groups is 1. The highest BCUT2D eigenvalue weighted by Gasteiger charge is 2.14. The summed E-state index contributed by atoms with van der Waals surface area (Å²) in [7, 11) is 1.67. The fourth-order valence-electron chi connectivity index (χ4n) is 2.50. The summed E-state index contributed by atoms with van der Waals surface area (Å²) in [5, 5.41) is 4.08. The summed E-state index contributed by atoms with van der Waals surface area (Å²) in [5.41, 5.74) is 5.60. The van der Waals surface area contributed by atoms with Crippen molar-refractivity contribution in [3.63, 3.8) is 0 Å². The van der Waals surface area contributed by atoms with E-state index in [1.807, 2.05) is 37.3 Å². The van der Waals surface area contributed by atoms with Gasteiger partial charge in [-0.15, -0.1) is 0 Å². The Hall–Kier alpha value is -2.82. The molecule has 0 bridgehead atoms. The average molecular weight is 354 g/mol. The van der Waals surface area contributed by atoms with Gasteiger partial charge in [-0.05, 0) is 60.7 Å². The molecule has 0 aliphatic carbocycles. The van der Waals surface area contributed by atoms with E-state index in [0.29, 0.717) is 11.7 Å². The molecule has 2 aromatic carbocycles. The van der Waals surface area contributed by atoms with E-state index < -0.39 is 6.10 Å². The lowest BCUT2D eigenvalue weighted by Gasteiger charge is -2.14. The number of carbonyl (C=O) groups excluding carboxylic acids is 1. The third-order valence-corrected chi connectivity index (χ3v) is 4.04. The Morgan fingerprint density at radius 2 is 1.85 bits per heavy atom. The second-order valence-electron chi connectivity index (χ2n) is 6.41. The minimum absolute atomic E-state index is 0.305. The zero-order chi connectivity index (χ0) is 19.1. The Labute approximate surface area is 155 Å². The number of ether oxygens (including phenoxy) is 2. The number of nitrogens with zero attached hydrogens (tertiary/aromatic N) is 1. The van der Waals surface area contributed by atoms with Crippen LogP contribution in [0.5, 0.6) is 11.5 Å². The summed E-state index contributed by atoms with van der Waals surface area (Å²) >= 11 is 0. The number of amides is 1. The standard InChI is InChI=1S/C21H26N2O3/c1-14(2)19-12-17(15(3)11-20(19)25-5)13-22-23-21(24)16(4)26-18-9-7-6-8-10-18/h6-14,16H,1-5H3,(H,23,24). The zero-order valence-electron chi connectivity index (χ0n) is 15.9. The molecule has 0 heterocycles. The molecule has 0 spiro atoms. The summed E-state index contributed by atoms with van der Waals surface area (Å²) in [4.78, 5) is 12.1. The fourth-order valence-corrected chi connectivity index (χ4v) is 2.50. The molecule has 1 unspecified atom stereocenters. The topological polar surface area (TPSA) is 59.9 Å². The number of hydrogen-bond acceptors (Lipinski definition) is 4. The van der Waals surface area contributed by atoms with Crippen molar-refractivity contribution in [2.24, 2.45) is 5.10 Å². The van der Waals surface area contributed by atoms with E-state index in [-0.39, 0.29) is 5.91 Å². The van der Waals surface area contributed by atoms with E-state index in [2.05, 4.69) is 24.4 Å². The Bertz CT molecular complexity index is 770. The van der Waals surface area contributed by atoms with Crippen molar-refractivity contribution in [3.8, 4) is 11.5 Å². The molecular weight excluding hydrogens is 328 g/mol. The van der Waals surface area contributed by atoms with Gasteiger partial charge in [0.15, 0.2) is 6.10 Å². The highest BCUT2D eigenvalue weighted by atomic mass is 16.5. The minimum Gasteiger partial charge on any atom is -0.496 e. The normalized spacial score (nSPS) is 12.2. The van der Waals surface area contributed by atoms with Gasteiger partial charge in [-0.1, -0.05) is 32.0 Å². The van der Waals surface area contributed by atoms with Gasteiger partial charge >= 0.3 is 0 Å². The minimum atomic E-state index is -0.641. The molecule has 1 N–H and O–H groups in total. The van der Waals surface area contributed by atoms with E-state index in [1.165, 1.54) is 0 Å². The van der Waals surface area contributed by atoms with Crippen molar-refractivity contribution in [1.29, 1.82) is 0 Å². The number of benzene rings is 2. The Morgan fingerprint density at radius 3 is 2.46 bits per heavy atom. The lowest BCUT2D eigenvalue weighted by Crippen LogP contribution is -2.33. The maximum Gasteiger partial charge on any atom is 0.280 e. The van der Waals surface area contributed by atoms with Crippen molar-refractivity contribution in [3.05, 3.63) is 59.2 Å². The maximum atomic E-state index is 12.1. The van der Waals surface area contributed by atoms with Crippen molar-refractivity contribution >= 4 is 12.1 Å². The molecule has 0 saturated carbocycles. The van der Waals surface area contributed by atoms with E-state index in [4.69, 9.17) is 9.47 Å². The lowest BCUT2D eigenvalue weighted by molar-refractivity contribution is -0.127. The van der Waals surface area contributed by atoms with Crippen LogP contribution in [0.1, 0.15) is 43.4 Å². The van der Waals surface area contributed by atoms with Gasteiger partial charge in [0.1, 0.15) is 11.5 Å². The largest absolute Gasteiger partial charge is 0.496 e. The molecule has 0 aliphatic heterocycles. The Morgan fingerprint density at radius 1 is 1.15 bits per heavy atom. The number of methoxy groups -OCH3 is 1. The highest BCUT2D eigenvalue weighted by Crippen LogP contribution is 2.29. The first-order valence-corrected chi connectivity index (χ1v) is 8.65. The predicted molar refractivity (Wildman–Crippen MR) is 104 cm³/mol. The second kappa shape index (κ2) is 9.04. The van der Waals surface area contributed by atoms with Gasteiger partial charge in [0.25, 0.3) is 5.91 Å². The molecule has 5 nitrogen and oxygen atoms in total. The van der Waals surface area contributed by atoms with Crippen molar-refractivity contribution < 1.29 is 14.3 Å². The van der Waals surface area contributed by atoms with Crippen LogP contribution in [0, 0.1) is 6.92 Å². The first kappa shape index (κ1) is 19.5. The summed E-state index contributed by atoms with van der Waals surface area (Å²) in [5.74, 6) is 1.53. The van der Waals surface area contributed by atoms with Crippen LogP contribution in [0.25, 0.3) is 0 Å². The second-order valence-corrected chi connectivity index (χ2v) is 6.41. The van der Waals surface area contributed by atoms with E-state index >= 15 is 0 Å². The van der Waals surface area contributed by atoms with Crippen molar-refractivity contribution in [1.82, 2.24) is 5.43 Å². The van der Waals surface area contributed by atoms with Crippen LogP contribution in [0.3, 0.4) is 0 Å². The van der Waals surface area contributed by atoms with Crippen molar-refractivity contribution in [2.75, 3.05) is 7.11 Å². The highest BCUT2D eigenvalue weighted by molar-refractivity contribution is 5.85. The van der Waals surface area contributed by atoms with Gasteiger partial charge in [0.05, 0.1) is 13.3 Å². The van der Waals surface area contributed by atoms with Crippen LogP contribution in [0.4, 0.5) is 0 Å². The number of aryl methyl sites for hydroxylation is 1. The zero-order valence-corrected chi connectivity index (χ0v) is 15.9. The SMILES string of the molecule is COc1cc(C)c(C=NNC(=O)C(C)Oc2ccccc2)cc1C(C)C. The van der Waals surface area contributed by atoms with Gasteiger partial charge in [-0.2, -0.15) is 5.10 Å². The van der Waals surface area contributed by atoms with Crippen LogP contribution in [0.2, 0.25) is 0 Å². The van der Waals surface area contributed by atoms with Gasteiger partial charge in [-0.25, -0.2) is 5.43 Å². The predicted octanol–water partition coefficient (Wildman–Crippen LogP) is 4.04. The summed E-state index contributed by atoms with van der Waals surface area (Å²) in [6, 6.07) is 13.2. The van der Waals surface area contributed by atoms with Crippen LogP contribution < -0.4 is 14.9 Å². The molecule has 0 fully saturated rings. The van der Waals surface area contributed by atoms with Gasteiger partial charge < -0.3 is 9.47 Å². The summed E-state index contributed by atoms with van der Waals surface area (Å²) in [6.07, 6.45) is 1.01. The Balaban J connectivity index is 2.03. The number of para-hydroxylation sites is 1. The summed E-state index contributed by atoms with van der Waals surface area (Å²) < 4.78 is 11.0. The molecule has 2 aromatic rings. The molecule has 5 heteroatoms. The molecule has 26 heavy (non-hydrogen) atoms. The molecule has 0 radical (unpaired) electrons. The number of nitrogens with one attached hydrogen (secondary N) is 1. The molecule has 2 rings (SSSR count). The third kappa shape index (κ3) is 5.09. The first-order valence-electron chi connectivity index (χ1n) is 8.65. The third-order valence-electron chi connectivity index (χ3n) is 4.04. The number of hydrogen-bond donors (Lipinski definition) is 1. The quantitative estimate of drug-likeness (QED) is 0.603. The van der Waals surface area contributed by atoms with Crippen LogP contribution >= 0.6 is 0 Å². The van der Waals surface area contributed by atoms with Gasteiger partial charge in [0.2, 0.25) is 0 Å². The number of carbonyl (C=O) groups is 1. The van der Waals surface area contributed by atoms with Gasteiger partial charge in [-0.3, -0.25) is 4.79 Å². The monoisotopic (exact) mass is 354 g/mol. The van der Waals surface area contributed by atoms with Gasteiger partial charge in [0, 0.05) is 0 Å². The van der Waals surface area contributed by atoms with E-state index in [0.717, 1.165) is 22.4 Å². The molecule has 1 amide bonds. The van der Waals surface area contributed by atoms with Crippen LogP contribution in [-0.2, 0) is 4.79 Å². The van der Waals surface area contributed by atoms with E-state index in [1.54, 1.807) is 32.4 Å². The summed E-state index contributed by atoms with van der Waals surface area (Å²) in [6.45, 7) is 7.89. The molecular formula is C21H26N2O3. The van der Waals surface area contributed by atoms with Crippen LogP contribution in [-0.4, -0.2) is 25.3 Å². The fraction of sp³-hybridized carbons (Fsp3) is 0.333. The molecule has 0 aliphatic rings. The first-order chi connectivity index (χ1) is 12.4. The molecule has 0 saturated heterocycles. The molecule has 0 aromatic heterocycles. The smallest absolute Gasteiger partial charge is 0.280 e. The molecule has 1 atom stereocenters. The van der Waals surface area contributed by atoms with Crippen LogP contribution in [0.15, 0.2) is 47.6 Å². The lowest BCUT2D eigenvalue weighted by atomic mass is 9.97. The van der Waals surface area contributed by atoms with Crippen molar-refractivity contribution in [2.45, 2.75) is 39.7 Å².